The van der Waals surface area contributed by atoms with Crippen LogP contribution in [0.4, 0.5) is 49.6 Å². The Morgan fingerprint density at radius 1 is 0.721 bits per heavy atom. The highest BCUT2D eigenvalue weighted by Gasteiger charge is 2.39. The first kappa shape index (κ1) is 45.6. The van der Waals surface area contributed by atoms with Crippen LogP contribution in [0.2, 0.25) is 5.02 Å². The standard InChI is InChI=1S/C21H22F3N5O.C18H11ClF3N5OS.C2H6/c1-20(2,3)13-7-5-12(6-8-13)19(30)27-17-10-9-14(18(25)26-17)15-11-16(21(22,23)24)28-29(15)4;19-10-3-1-9(2-4-10)16(28)25-12-6-5-11(15(23)24-12)13-14(18(20,21)22)26-17-27(13)7-8-29-17;1-2/h5-11H,1-4H3,(H3,25,26,27,30);1-8H,(H3,23,24,25,28);1-2H3. The molecular weight excluding hydrogens is 846 g/mol. The molecule has 7 rings (SSSR count). The van der Waals surface area contributed by atoms with E-state index in [2.05, 4.69) is 51.5 Å². The van der Waals surface area contributed by atoms with Crippen molar-refractivity contribution in [1.29, 1.82) is 0 Å². The molecule has 0 saturated carbocycles. The number of hydrogen-bond donors (Lipinski definition) is 4. The van der Waals surface area contributed by atoms with Gasteiger partial charge in [-0.3, -0.25) is 18.7 Å². The van der Waals surface area contributed by atoms with Gasteiger partial charge in [0.2, 0.25) is 0 Å². The first-order chi connectivity index (χ1) is 28.6. The van der Waals surface area contributed by atoms with Gasteiger partial charge in [0.15, 0.2) is 16.3 Å². The number of nitrogens with zero attached hydrogens (tertiary/aromatic N) is 6. The first-order valence-corrected chi connectivity index (χ1v) is 19.5. The predicted octanol–water partition coefficient (Wildman–Crippen LogP) is 10.6. The van der Waals surface area contributed by atoms with E-state index in [9.17, 15) is 35.9 Å². The predicted molar refractivity (Wildman–Crippen MR) is 225 cm³/mol. The van der Waals surface area contributed by atoms with Gasteiger partial charge in [-0.05, 0) is 77.7 Å². The van der Waals surface area contributed by atoms with Crippen LogP contribution in [0.5, 0.6) is 0 Å². The molecule has 0 aliphatic carbocycles. The molecule has 0 unspecified atom stereocenters. The molecule has 6 N–H and O–H groups in total. The quantitative estimate of drug-likeness (QED) is 0.120. The minimum Gasteiger partial charge on any atom is -0.383 e. The largest absolute Gasteiger partial charge is 0.435 e. The summed E-state index contributed by atoms with van der Waals surface area (Å²) < 4.78 is 81.4. The van der Waals surface area contributed by atoms with Crippen molar-refractivity contribution in [2.24, 2.45) is 7.05 Å². The lowest BCUT2D eigenvalue weighted by atomic mass is 9.87. The van der Waals surface area contributed by atoms with E-state index in [1.54, 1.807) is 29.6 Å². The number of benzene rings is 2. The zero-order valence-electron chi connectivity index (χ0n) is 33.4. The molecule has 0 bridgehead atoms. The van der Waals surface area contributed by atoms with Crippen molar-refractivity contribution in [3.63, 3.8) is 0 Å². The maximum absolute atomic E-state index is 13.5. The zero-order valence-corrected chi connectivity index (χ0v) is 34.9. The van der Waals surface area contributed by atoms with Gasteiger partial charge in [-0.15, -0.1) is 11.3 Å². The number of imidazole rings is 1. The summed E-state index contributed by atoms with van der Waals surface area (Å²) in [6.45, 7) is 10.2. The number of anilines is 4. The molecule has 2 amide bonds. The summed E-state index contributed by atoms with van der Waals surface area (Å²) in [6.07, 6.45) is -7.74. The zero-order chi connectivity index (χ0) is 45.0. The molecule has 0 radical (unpaired) electrons. The Morgan fingerprint density at radius 3 is 1.69 bits per heavy atom. The molecular formula is C41H39ClF6N10O2S. The lowest BCUT2D eigenvalue weighted by Gasteiger charge is -2.19. The molecule has 0 aliphatic rings. The molecule has 61 heavy (non-hydrogen) atoms. The fraction of sp³-hybridized carbons (Fsp3) is 0.220. The van der Waals surface area contributed by atoms with Crippen LogP contribution in [0.25, 0.3) is 27.5 Å². The number of aromatic nitrogens is 6. The van der Waals surface area contributed by atoms with Crippen LogP contribution in [0, 0.1) is 0 Å². The summed E-state index contributed by atoms with van der Waals surface area (Å²) in [5, 5.41) is 10.8. The van der Waals surface area contributed by atoms with Crippen molar-refractivity contribution in [1.82, 2.24) is 29.1 Å². The molecule has 0 spiro atoms. The molecule has 0 saturated heterocycles. The highest BCUT2D eigenvalue weighted by Crippen LogP contribution is 2.40. The van der Waals surface area contributed by atoms with Gasteiger partial charge in [-0.25, -0.2) is 15.0 Å². The van der Waals surface area contributed by atoms with E-state index in [0.717, 1.165) is 27.6 Å². The Balaban J connectivity index is 0.000000222. The number of carbonyl (C=O) groups is 2. The smallest absolute Gasteiger partial charge is 0.383 e. The van der Waals surface area contributed by atoms with Crippen LogP contribution in [0.3, 0.4) is 0 Å². The van der Waals surface area contributed by atoms with Crippen molar-refractivity contribution in [2.75, 3.05) is 22.1 Å². The number of halogens is 7. The van der Waals surface area contributed by atoms with Crippen LogP contribution >= 0.6 is 22.9 Å². The average Bonchev–Trinajstić information content (AvgIpc) is 3.91. The van der Waals surface area contributed by atoms with E-state index in [1.807, 2.05) is 26.0 Å². The summed E-state index contributed by atoms with van der Waals surface area (Å²) in [7, 11) is 1.39. The second-order valence-electron chi connectivity index (χ2n) is 13.9. The molecule has 2 aromatic carbocycles. The van der Waals surface area contributed by atoms with Gasteiger partial charge in [0.25, 0.3) is 11.8 Å². The Labute approximate surface area is 354 Å². The third-order valence-electron chi connectivity index (χ3n) is 8.68. The fourth-order valence-electron chi connectivity index (χ4n) is 5.70. The third kappa shape index (κ3) is 10.6. The molecule has 5 heterocycles. The molecule has 0 atom stereocenters. The summed E-state index contributed by atoms with van der Waals surface area (Å²) in [6, 6.07) is 20.0. The molecule has 20 heteroatoms. The molecule has 0 aliphatic heterocycles. The number of carbonyl (C=O) groups excluding carboxylic acids is 2. The molecule has 7 aromatic rings. The number of alkyl halides is 6. The first-order valence-electron chi connectivity index (χ1n) is 18.3. The van der Waals surface area contributed by atoms with Crippen molar-refractivity contribution >= 4 is 63.0 Å². The Bertz CT molecular complexity index is 2670. The second-order valence-corrected chi connectivity index (χ2v) is 15.2. The normalized spacial score (nSPS) is 11.6. The minimum absolute atomic E-state index is 0.0207. The summed E-state index contributed by atoms with van der Waals surface area (Å²) in [5.74, 6) is -0.716. The molecule has 320 valence electrons. The Kier molecular flexibility index (Phi) is 13.5. The SMILES string of the molecule is CC.Cn1nc(C(F)(F)F)cc1-c1ccc(NC(=O)c2ccc(C(C)(C)C)cc2)nc1N.Nc1nc(NC(=O)c2ccc(Cl)cc2)ccc1-c1c(C(F)(F)F)nc2sccn12. The maximum Gasteiger partial charge on any atom is 0.435 e. The van der Waals surface area contributed by atoms with E-state index in [-0.39, 0.29) is 62.1 Å². The van der Waals surface area contributed by atoms with Gasteiger partial charge < -0.3 is 22.1 Å². The van der Waals surface area contributed by atoms with Crippen molar-refractivity contribution in [3.8, 4) is 22.5 Å². The van der Waals surface area contributed by atoms with Crippen LogP contribution < -0.4 is 22.1 Å². The third-order valence-corrected chi connectivity index (χ3v) is 9.69. The number of nitrogens with one attached hydrogen (secondary N) is 2. The Morgan fingerprint density at radius 2 is 1.23 bits per heavy atom. The monoisotopic (exact) mass is 884 g/mol. The number of nitrogen functional groups attached to an aromatic ring is 2. The number of aryl methyl sites for hydroxylation is 1. The fourth-order valence-corrected chi connectivity index (χ4v) is 6.54. The van der Waals surface area contributed by atoms with Crippen LogP contribution in [-0.2, 0) is 24.8 Å². The van der Waals surface area contributed by atoms with Crippen LogP contribution in [-0.4, -0.2) is 40.9 Å². The van der Waals surface area contributed by atoms with E-state index in [0.29, 0.717) is 16.1 Å². The molecule has 12 nitrogen and oxygen atoms in total. The highest BCUT2D eigenvalue weighted by atomic mass is 35.5. The van der Waals surface area contributed by atoms with E-state index in [1.165, 1.54) is 54.0 Å². The van der Waals surface area contributed by atoms with Crippen molar-refractivity contribution in [3.05, 3.63) is 124 Å². The van der Waals surface area contributed by atoms with Crippen LogP contribution in [0.1, 0.15) is 72.3 Å². The average molecular weight is 885 g/mol. The number of amides is 2. The number of nitrogens with two attached hydrogens (primary N) is 2. The molecule has 0 fully saturated rings. The van der Waals surface area contributed by atoms with Crippen molar-refractivity contribution in [2.45, 2.75) is 52.4 Å². The lowest BCUT2D eigenvalue weighted by Crippen LogP contribution is -2.15. The summed E-state index contributed by atoms with van der Waals surface area (Å²) in [5.41, 5.74) is 12.0. The highest BCUT2D eigenvalue weighted by molar-refractivity contribution is 7.15. The van der Waals surface area contributed by atoms with Gasteiger partial charge in [-0.2, -0.15) is 31.4 Å². The van der Waals surface area contributed by atoms with Gasteiger partial charge in [0.1, 0.15) is 23.3 Å². The number of thiazole rings is 1. The maximum atomic E-state index is 13.5. The van der Waals surface area contributed by atoms with Gasteiger partial charge >= 0.3 is 12.4 Å². The second kappa shape index (κ2) is 18.0. The number of hydrogen-bond acceptors (Lipinski definition) is 9. The number of fused-ring (bicyclic) bond motifs is 1. The van der Waals surface area contributed by atoms with Crippen molar-refractivity contribution < 1.29 is 35.9 Å². The summed E-state index contributed by atoms with van der Waals surface area (Å²) in [4.78, 5) is 36.8. The number of rotatable bonds is 6. The van der Waals surface area contributed by atoms with E-state index >= 15 is 0 Å². The Hall–Kier alpha value is -6.47. The summed E-state index contributed by atoms with van der Waals surface area (Å²) >= 11 is 6.87. The molecule has 5 aromatic heterocycles. The lowest BCUT2D eigenvalue weighted by molar-refractivity contribution is -0.141. The van der Waals surface area contributed by atoms with Gasteiger partial charge in [-0.1, -0.05) is 58.4 Å². The minimum atomic E-state index is -4.66. The number of pyridine rings is 2. The van der Waals surface area contributed by atoms with E-state index in [4.69, 9.17) is 23.1 Å². The van der Waals surface area contributed by atoms with Gasteiger partial charge in [0.05, 0.1) is 11.4 Å². The van der Waals surface area contributed by atoms with Crippen LogP contribution in [0.15, 0.2) is 90.4 Å². The van der Waals surface area contributed by atoms with Gasteiger partial charge in [0, 0.05) is 45.9 Å². The topological polar surface area (TPSA) is 171 Å². The van der Waals surface area contributed by atoms with E-state index < -0.39 is 29.6 Å².